The number of methoxy groups -OCH3 is 1. The van der Waals surface area contributed by atoms with Gasteiger partial charge in [0.05, 0.1) is 7.11 Å². The van der Waals surface area contributed by atoms with Crippen molar-refractivity contribution in [1.29, 1.82) is 0 Å². The topological polar surface area (TPSA) is 95.1 Å². The third-order valence-electron chi connectivity index (χ3n) is 3.50. The molecule has 0 fully saturated rings. The van der Waals surface area contributed by atoms with E-state index < -0.39 is 5.56 Å². The van der Waals surface area contributed by atoms with Crippen LogP contribution in [0.15, 0.2) is 59.4 Å². The van der Waals surface area contributed by atoms with E-state index in [-0.39, 0.29) is 11.6 Å². The van der Waals surface area contributed by atoms with E-state index in [1.54, 1.807) is 43.5 Å². The molecule has 126 valence electrons. The van der Waals surface area contributed by atoms with Gasteiger partial charge in [-0.15, -0.1) is 10.2 Å². The largest absolute Gasteiger partial charge is 0.497 e. The van der Waals surface area contributed by atoms with Gasteiger partial charge in [0.1, 0.15) is 5.75 Å². The molecule has 2 aromatic carbocycles. The van der Waals surface area contributed by atoms with Gasteiger partial charge in [0.15, 0.2) is 5.69 Å². The second-order valence-electron chi connectivity index (χ2n) is 5.18. The van der Waals surface area contributed by atoms with Gasteiger partial charge in [0.25, 0.3) is 5.56 Å². The minimum Gasteiger partial charge on any atom is -0.497 e. The number of aromatic nitrogens is 3. The predicted molar refractivity (Wildman–Crippen MR) is 98.1 cm³/mol. The Balaban J connectivity index is 1.82. The number of ether oxygens (including phenoxy) is 1. The van der Waals surface area contributed by atoms with Crippen LogP contribution in [0.5, 0.6) is 5.75 Å². The first-order valence-corrected chi connectivity index (χ1v) is 7.56. The van der Waals surface area contributed by atoms with Crippen LogP contribution < -0.4 is 21.5 Å². The quantitative estimate of drug-likeness (QED) is 0.695. The highest BCUT2D eigenvalue weighted by Crippen LogP contribution is 2.17. The van der Waals surface area contributed by atoms with E-state index >= 15 is 0 Å². The highest BCUT2D eigenvalue weighted by molar-refractivity contribution is 5.67. The van der Waals surface area contributed by atoms with Crippen LogP contribution in [-0.4, -0.2) is 22.0 Å². The Labute approximate surface area is 144 Å². The van der Waals surface area contributed by atoms with E-state index in [1.807, 2.05) is 30.3 Å². The number of rotatable bonds is 5. The molecule has 0 spiro atoms. The first-order chi connectivity index (χ1) is 12.2. The third-order valence-corrected chi connectivity index (χ3v) is 3.50. The van der Waals surface area contributed by atoms with E-state index in [2.05, 4.69) is 15.5 Å². The van der Waals surface area contributed by atoms with Crippen molar-refractivity contribution >= 4 is 23.8 Å². The van der Waals surface area contributed by atoms with Crippen LogP contribution >= 0.6 is 0 Å². The summed E-state index contributed by atoms with van der Waals surface area (Å²) >= 11 is 0. The molecule has 1 heterocycles. The molecule has 3 rings (SSSR count). The van der Waals surface area contributed by atoms with Crippen LogP contribution in [0.3, 0.4) is 0 Å². The SMILES string of the molecule is COc1ccc(Nc2nnc(/C=C\c3ccccc3)c(=O)n2N)cc1. The number of nitrogens with zero attached hydrogens (tertiary/aromatic N) is 3. The fraction of sp³-hybridized carbons (Fsp3) is 0.0556. The molecule has 0 saturated carbocycles. The van der Waals surface area contributed by atoms with E-state index in [0.29, 0.717) is 5.69 Å². The fourth-order valence-electron chi connectivity index (χ4n) is 2.14. The number of hydrogen-bond acceptors (Lipinski definition) is 6. The van der Waals surface area contributed by atoms with Crippen molar-refractivity contribution in [3.05, 3.63) is 76.2 Å². The predicted octanol–water partition coefficient (Wildman–Crippen LogP) is 2.27. The molecule has 7 heteroatoms. The van der Waals surface area contributed by atoms with E-state index in [9.17, 15) is 4.79 Å². The van der Waals surface area contributed by atoms with E-state index in [0.717, 1.165) is 16.0 Å². The number of benzene rings is 2. The number of nitrogen functional groups attached to an aromatic ring is 1. The van der Waals surface area contributed by atoms with Crippen molar-refractivity contribution in [3.63, 3.8) is 0 Å². The lowest BCUT2D eigenvalue weighted by Crippen LogP contribution is -2.32. The first kappa shape index (κ1) is 16.3. The zero-order chi connectivity index (χ0) is 17.6. The maximum atomic E-state index is 12.3. The minimum atomic E-state index is -0.446. The Kier molecular flexibility index (Phi) is 4.75. The van der Waals surface area contributed by atoms with Gasteiger partial charge in [0, 0.05) is 5.69 Å². The second kappa shape index (κ2) is 7.31. The molecule has 0 unspecified atom stereocenters. The Morgan fingerprint density at radius 2 is 1.76 bits per heavy atom. The molecule has 0 saturated heterocycles. The summed E-state index contributed by atoms with van der Waals surface area (Å²) in [6.45, 7) is 0. The zero-order valence-corrected chi connectivity index (χ0v) is 13.6. The molecule has 0 bridgehead atoms. The number of hydrogen-bond donors (Lipinski definition) is 2. The molecular weight excluding hydrogens is 318 g/mol. The summed E-state index contributed by atoms with van der Waals surface area (Å²) in [5.74, 6) is 6.71. The third kappa shape index (κ3) is 3.84. The highest BCUT2D eigenvalue weighted by Gasteiger charge is 2.08. The average molecular weight is 335 g/mol. The molecule has 7 nitrogen and oxygen atoms in total. The zero-order valence-electron chi connectivity index (χ0n) is 13.6. The van der Waals surface area contributed by atoms with Crippen LogP contribution in [0, 0.1) is 0 Å². The fourth-order valence-corrected chi connectivity index (χ4v) is 2.14. The minimum absolute atomic E-state index is 0.145. The molecular formula is C18H17N5O2. The molecule has 0 aliphatic heterocycles. The summed E-state index contributed by atoms with van der Waals surface area (Å²) in [6, 6.07) is 16.7. The second-order valence-corrected chi connectivity index (χ2v) is 5.18. The lowest BCUT2D eigenvalue weighted by atomic mass is 10.2. The molecule has 0 amide bonds. The molecule has 1 aromatic heterocycles. The molecule has 3 N–H and O–H groups in total. The number of nitrogens with two attached hydrogens (primary N) is 1. The van der Waals surface area contributed by atoms with Gasteiger partial charge in [-0.25, -0.2) is 0 Å². The van der Waals surface area contributed by atoms with Gasteiger partial charge in [0.2, 0.25) is 5.95 Å². The standard InChI is InChI=1S/C18H17N5O2/c1-25-15-10-8-14(9-11-15)20-18-22-21-16(17(24)23(18)19)12-7-13-5-3-2-4-6-13/h2-12H,19H2,1H3,(H,20,22)/b12-7-. The maximum absolute atomic E-state index is 12.3. The smallest absolute Gasteiger partial charge is 0.299 e. The Morgan fingerprint density at radius 1 is 1.04 bits per heavy atom. The van der Waals surface area contributed by atoms with Crippen molar-refractivity contribution in [3.8, 4) is 5.75 Å². The summed E-state index contributed by atoms with van der Waals surface area (Å²) < 4.78 is 6.03. The molecule has 25 heavy (non-hydrogen) atoms. The van der Waals surface area contributed by atoms with Crippen LogP contribution in [0.2, 0.25) is 0 Å². The van der Waals surface area contributed by atoms with Gasteiger partial charge in [-0.2, -0.15) is 4.68 Å². The Morgan fingerprint density at radius 3 is 2.44 bits per heavy atom. The van der Waals surface area contributed by atoms with Gasteiger partial charge >= 0.3 is 0 Å². The molecule has 0 radical (unpaired) electrons. The summed E-state index contributed by atoms with van der Waals surface area (Å²) in [4.78, 5) is 12.3. The van der Waals surface area contributed by atoms with Gasteiger partial charge in [-0.3, -0.25) is 4.79 Å². The summed E-state index contributed by atoms with van der Waals surface area (Å²) in [5.41, 5.74) is 1.37. The number of anilines is 2. The normalized spacial score (nSPS) is 10.8. The summed E-state index contributed by atoms with van der Waals surface area (Å²) in [7, 11) is 1.59. The van der Waals surface area contributed by atoms with Gasteiger partial charge < -0.3 is 15.9 Å². The Bertz CT molecular complexity index is 934. The highest BCUT2D eigenvalue weighted by atomic mass is 16.5. The van der Waals surface area contributed by atoms with E-state index in [1.165, 1.54) is 0 Å². The summed E-state index contributed by atoms with van der Waals surface area (Å²) in [6.07, 6.45) is 3.37. The van der Waals surface area contributed by atoms with Crippen LogP contribution in [0.4, 0.5) is 11.6 Å². The monoisotopic (exact) mass is 335 g/mol. The first-order valence-electron chi connectivity index (χ1n) is 7.56. The van der Waals surface area contributed by atoms with Crippen molar-refractivity contribution < 1.29 is 4.74 Å². The lowest BCUT2D eigenvalue weighted by Gasteiger charge is -2.09. The van der Waals surface area contributed by atoms with Crippen LogP contribution in [0.1, 0.15) is 11.3 Å². The van der Waals surface area contributed by atoms with Gasteiger partial charge in [-0.1, -0.05) is 36.4 Å². The molecule has 0 atom stereocenters. The van der Waals surface area contributed by atoms with Crippen LogP contribution in [0.25, 0.3) is 12.2 Å². The summed E-state index contributed by atoms with van der Waals surface area (Å²) in [5, 5.41) is 10.9. The van der Waals surface area contributed by atoms with E-state index in [4.69, 9.17) is 10.6 Å². The average Bonchev–Trinajstić information content (AvgIpc) is 2.66. The molecule has 3 aromatic rings. The number of nitrogens with one attached hydrogen (secondary N) is 1. The lowest BCUT2D eigenvalue weighted by molar-refractivity contribution is 0.415. The molecule has 0 aliphatic rings. The maximum Gasteiger partial charge on any atom is 0.299 e. The van der Waals surface area contributed by atoms with Gasteiger partial charge in [-0.05, 0) is 35.9 Å². The van der Waals surface area contributed by atoms with Crippen LogP contribution in [-0.2, 0) is 0 Å². The van der Waals surface area contributed by atoms with Crippen molar-refractivity contribution in [2.24, 2.45) is 0 Å². The Hall–Kier alpha value is -3.61. The van der Waals surface area contributed by atoms with Crippen molar-refractivity contribution in [1.82, 2.24) is 14.9 Å². The van der Waals surface area contributed by atoms with Crippen molar-refractivity contribution in [2.75, 3.05) is 18.3 Å². The van der Waals surface area contributed by atoms with Crippen molar-refractivity contribution in [2.45, 2.75) is 0 Å². The molecule has 0 aliphatic carbocycles.